The average molecular weight is 369 g/mol. The predicted molar refractivity (Wildman–Crippen MR) is 97.3 cm³/mol. The highest BCUT2D eigenvalue weighted by molar-refractivity contribution is 6.30. The minimum absolute atomic E-state index is 0.467. The van der Waals surface area contributed by atoms with Crippen LogP contribution in [0.25, 0.3) is 0 Å². The number of rotatable bonds is 6. The Hall–Kier alpha value is -2.33. The molecular weight excluding hydrogens is 340 g/mol. The molecule has 2 rings (SSSR count). The highest BCUT2D eigenvalue weighted by atomic mass is 35.5. The first-order chi connectivity index (χ1) is 15.0. The van der Waals surface area contributed by atoms with Crippen molar-refractivity contribution < 1.29 is 30.0 Å². The largest absolute Gasteiger partial charge is 0.476 e. The normalized spacial score (nSPS) is 15.8. The van der Waals surface area contributed by atoms with E-state index in [0.29, 0.717) is 0 Å². The lowest BCUT2D eigenvalue weighted by atomic mass is 10.0. The molecule has 0 unspecified atom stereocenters. The molecule has 0 fully saturated rings. The third-order valence-corrected chi connectivity index (χ3v) is 3.03. The Labute approximate surface area is 164 Å². The zero-order chi connectivity index (χ0) is 25.6. The summed E-state index contributed by atoms with van der Waals surface area (Å²) in [5.41, 5.74) is -3.20. The van der Waals surface area contributed by atoms with E-state index in [1.54, 1.807) is 13.8 Å². The van der Waals surface area contributed by atoms with Gasteiger partial charge in [-0.1, -0.05) is 11.6 Å². The number of benzene rings is 2. The highest BCUT2D eigenvalue weighted by Crippen LogP contribution is 2.22. The van der Waals surface area contributed by atoms with Crippen molar-refractivity contribution in [2.75, 3.05) is 0 Å². The molecule has 0 amide bonds. The molecule has 0 heterocycles. The number of hydrogen-bond acceptors (Lipinski definition) is 4. The third-order valence-electron chi connectivity index (χ3n) is 2.84. The standard InChI is InChI=1S/C20H21ClO4/c1-13(2)24-19(23)20(3,4)25-17-11-7-15(8-12-17)18(22)14-5-9-16(21)10-6-14/h5-13H,1-4H3/i5D,6D,7D,8D,9D,10D,11D,12D. The third kappa shape index (κ3) is 5.07. The molecule has 25 heavy (non-hydrogen) atoms. The molecule has 0 bridgehead atoms. The van der Waals surface area contributed by atoms with E-state index < -0.39 is 93.7 Å². The maximum Gasteiger partial charge on any atom is 0.350 e. The van der Waals surface area contributed by atoms with E-state index in [4.69, 9.17) is 32.0 Å². The summed E-state index contributed by atoms with van der Waals surface area (Å²) in [6.07, 6.45) is -0.467. The first kappa shape index (κ1) is 10.6. The second kappa shape index (κ2) is 7.70. The van der Waals surface area contributed by atoms with E-state index in [1.165, 1.54) is 13.8 Å². The molecule has 2 aromatic carbocycles. The molecule has 0 atom stereocenters. The Morgan fingerprint density at radius 3 is 1.96 bits per heavy atom. The Balaban J connectivity index is 2.68. The van der Waals surface area contributed by atoms with Gasteiger partial charge >= 0.3 is 5.97 Å². The van der Waals surface area contributed by atoms with E-state index in [2.05, 4.69) is 0 Å². The molecule has 0 radical (unpaired) electrons. The molecule has 0 aliphatic carbocycles. The van der Waals surface area contributed by atoms with Gasteiger partial charge in [-0.15, -0.1) is 0 Å². The molecule has 5 heteroatoms. The molecule has 0 aliphatic rings. The van der Waals surface area contributed by atoms with Gasteiger partial charge in [0.05, 0.1) is 17.1 Å². The van der Waals surface area contributed by atoms with Crippen molar-refractivity contribution in [3.63, 3.8) is 0 Å². The molecule has 0 aromatic heterocycles. The van der Waals surface area contributed by atoms with E-state index in [-0.39, 0.29) is 0 Å². The van der Waals surface area contributed by atoms with Gasteiger partial charge in [-0.05, 0) is 76.0 Å². The zero-order valence-corrected chi connectivity index (χ0v) is 14.8. The highest BCUT2D eigenvalue weighted by Gasteiger charge is 2.32. The van der Waals surface area contributed by atoms with Gasteiger partial charge in [0, 0.05) is 16.1 Å². The van der Waals surface area contributed by atoms with Crippen molar-refractivity contribution in [1.29, 1.82) is 0 Å². The van der Waals surface area contributed by atoms with Crippen LogP contribution in [0.15, 0.2) is 48.3 Å². The van der Waals surface area contributed by atoms with Crippen molar-refractivity contribution in [2.24, 2.45) is 0 Å². The number of esters is 1. The monoisotopic (exact) mass is 368 g/mol. The fourth-order valence-corrected chi connectivity index (χ4v) is 1.75. The van der Waals surface area contributed by atoms with Gasteiger partial charge in [0.1, 0.15) is 5.75 Å². The van der Waals surface area contributed by atoms with Gasteiger partial charge in [-0.2, -0.15) is 0 Å². The molecule has 0 N–H and O–H groups in total. The molecule has 0 aliphatic heterocycles. The van der Waals surface area contributed by atoms with E-state index in [9.17, 15) is 9.59 Å². The Kier molecular flexibility index (Phi) is 3.27. The summed E-state index contributed by atoms with van der Waals surface area (Å²) in [6.45, 7) is 5.88. The Morgan fingerprint density at radius 2 is 1.48 bits per heavy atom. The van der Waals surface area contributed by atoms with Crippen LogP contribution in [0.4, 0.5) is 0 Å². The second-order valence-electron chi connectivity index (χ2n) is 5.79. The smallest absolute Gasteiger partial charge is 0.350 e. The predicted octanol–water partition coefficient (Wildman–Crippen LogP) is 4.68. The van der Waals surface area contributed by atoms with Crippen molar-refractivity contribution in [1.82, 2.24) is 0 Å². The molecule has 0 saturated heterocycles. The van der Waals surface area contributed by atoms with Gasteiger partial charge < -0.3 is 9.47 Å². The van der Waals surface area contributed by atoms with Crippen LogP contribution in [-0.4, -0.2) is 23.5 Å². The Bertz CT molecular complexity index is 1110. The van der Waals surface area contributed by atoms with Gasteiger partial charge in [-0.3, -0.25) is 4.79 Å². The van der Waals surface area contributed by atoms with Gasteiger partial charge in [-0.25, -0.2) is 4.79 Å². The number of ether oxygens (including phenoxy) is 2. The van der Waals surface area contributed by atoms with Crippen LogP contribution >= 0.6 is 11.6 Å². The molecule has 0 spiro atoms. The van der Waals surface area contributed by atoms with Crippen LogP contribution in [0.5, 0.6) is 5.75 Å². The van der Waals surface area contributed by atoms with Crippen LogP contribution < -0.4 is 4.74 Å². The van der Waals surface area contributed by atoms with Crippen molar-refractivity contribution in [3.05, 3.63) is 64.5 Å². The number of ketones is 1. The Morgan fingerprint density at radius 1 is 1.00 bits per heavy atom. The summed E-state index contributed by atoms with van der Waals surface area (Å²) >= 11 is 5.75. The molecule has 4 nitrogen and oxygen atoms in total. The van der Waals surface area contributed by atoms with Crippen molar-refractivity contribution in [3.8, 4) is 5.75 Å². The molecule has 0 saturated carbocycles. The van der Waals surface area contributed by atoms with Crippen LogP contribution in [0.2, 0.25) is 5.02 Å². The fraction of sp³-hybridized carbons (Fsp3) is 0.300. The average Bonchev–Trinajstić information content (AvgIpc) is 2.72. The number of carbonyl (C=O) groups is 2. The van der Waals surface area contributed by atoms with E-state index >= 15 is 0 Å². The van der Waals surface area contributed by atoms with Gasteiger partial charge in [0.25, 0.3) is 0 Å². The first-order valence-corrected chi connectivity index (χ1v) is 7.73. The summed E-state index contributed by atoms with van der Waals surface area (Å²) in [5.74, 6) is -2.65. The first-order valence-electron chi connectivity index (χ1n) is 11.4. The quantitative estimate of drug-likeness (QED) is 0.548. The summed E-state index contributed by atoms with van der Waals surface area (Å²) in [5, 5.41) is -0.500. The van der Waals surface area contributed by atoms with Crippen molar-refractivity contribution >= 4 is 23.4 Å². The van der Waals surface area contributed by atoms with Crippen LogP contribution in [0.3, 0.4) is 0 Å². The summed E-state index contributed by atoms with van der Waals surface area (Å²) in [6, 6.07) is -6.13. The topological polar surface area (TPSA) is 52.6 Å². The van der Waals surface area contributed by atoms with Gasteiger partial charge in [0.15, 0.2) is 11.4 Å². The lowest BCUT2D eigenvalue weighted by molar-refractivity contribution is -0.163. The SMILES string of the molecule is [2H]c1c([2H])c(C(=O)c2c([2H])c([2H])c(OC(C)(C)C(=O)OC(C)C)c([2H])c2[2H])c([2H])c([2H])c1Cl. The lowest BCUT2D eigenvalue weighted by Gasteiger charge is -2.25. The maximum absolute atomic E-state index is 13.1. The maximum atomic E-state index is 13.1. The number of hydrogen-bond donors (Lipinski definition) is 0. The van der Waals surface area contributed by atoms with Crippen LogP contribution in [-0.2, 0) is 9.53 Å². The minimum atomic E-state index is -1.68. The summed E-state index contributed by atoms with van der Waals surface area (Å²) in [4.78, 5) is 25.4. The second-order valence-corrected chi connectivity index (χ2v) is 6.17. The number of halogens is 1. The summed E-state index contributed by atoms with van der Waals surface area (Å²) < 4.78 is 74.9. The molecular formula is C20H21ClO4. The van der Waals surface area contributed by atoms with E-state index in [0.717, 1.165) is 0 Å². The van der Waals surface area contributed by atoms with Gasteiger partial charge in [0.2, 0.25) is 0 Å². The van der Waals surface area contributed by atoms with Crippen LogP contribution in [0, 0.1) is 0 Å². The van der Waals surface area contributed by atoms with Crippen molar-refractivity contribution in [2.45, 2.75) is 39.4 Å². The number of carbonyl (C=O) groups excluding carboxylic acids is 2. The minimum Gasteiger partial charge on any atom is -0.476 e. The van der Waals surface area contributed by atoms with E-state index in [1.807, 2.05) is 0 Å². The summed E-state index contributed by atoms with van der Waals surface area (Å²) in [7, 11) is 0. The molecule has 132 valence electrons. The fourth-order valence-electron chi connectivity index (χ4n) is 1.65. The lowest BCUT2D eigenvalue weighted by Crippen LogP contribution is -2.40. The van der Waals surface area contributed by atoms with Crippen LogP contribution in [0.1, 0.15) is 54.6 Å². The zero-order valence-electron chi connectivity index (χ0n) is 22.1. The molecule has 2 aromatic rings.